The first kappa shape index (κ1) is 14.0. The minimum Gasteiger partial charge on any atom is -0.484 e. The van der Waals surface area contributed by atoms with E-state index in [0.29, 0.717) is 13.2 Å². The average molecular weight is 325 g/mol. The molecule has 0 saturated carbocycles. The van der Waals surface area contributed by atoms with Crippen molar-refractivity contribution in [3.63, 3.8) is 0 Å². The SMILES string of the molecule is CCn1ncnc1COc1ccc(CCN)cc1Br. The molecule has 0 aliphatic rings. The fraction of sp³-hybridized carbons (Fsp3) is 0.385. The van der Waals surface area contributed by atoms with Crippen molar-refractivity contribution in [2.24, 2.45) is 5.73 Å². The van der Waals surface area contributed by atoms with Crippen LogP contribution in [0.2, 0.25) is 0 Å². The van der Waals surface area contributed by atoms with Gasteiger partial charge < -0.3 is 10.5 Å². The number of aryl methyl sites for hydroxylation is 1. The van der Waals surface area contributed by atoms with Crippen LogP contribution in [0.25, 0.3) is 0 Å². The van der Waals surface area contributed by atoms with Crippen molar-refractivity contribution in [3.8, 4) is 5.75 Å². The van der Waals surface area contributed by atoms with Gasteiger partial charge in [0.2, 0.25) is 0 Å². The molecular weight excluding hydrogens is 308 g/mol. The molecule has 0 spiro atoms. The maximum atomic E-state index is 5.76. The van der Waals surface area contributed by atoms with E-state index in [2.05, 4.69) is 26.0 Å². The second kappa shape index (κ2) is 6.68. The number of ether oxygens (including phenoxy) is 1. The number of nitrogens with two attached hydrogens (primary N) is 1. The minimum atomic E-state index is 0.405. The predicted octanol–water partition coefficient (Wildman–Crippen LogP) is 2.14. The molecule has 1 aromatic heterocycles. The monoisotopic (exact) mass is 324 g/mol. The molecule has 2 N–H and O–H groups in total. The highest BCUT2D eigenvalue weighted by Gasteiger charge is 2.06. The van der Waals surface area contributed by atoms with Crippen molar-refractivity contribution in [1.29, 1.82) is 0 Å². The fourth-order valence-electron chi connectivity index (χ4n) is 1.79. The Kier molecular flexibility index (Phi) is 4.93. The molecule has 0 aliphatic heterocycles. The van der Waals surface area contributed by atoms with Crippen molar-refractivity contribution >= 4 is 15.9 Å². The predicted molar refractivity (Wildman–Crippen MR) is 76.9 cm³/mol. The number of halogens is 1. The summed E-state index contributed by atoms with van der Waals surface area (Å²) in [6.45, 7) is 3.86. The molecule has 5 nitrogen and oxygen atoms in total. The van der Waals surface area contributed by atoms with Crippen LogP contribution in [0.4, 0.5) is 0 Å². The van der Waals surface area contributed by atoms with Crippen LogP contribution in [-0.4, -0.2) is 21.3 Å². The van der Waals surface area contributed by atoms with E-state index in [1.807, 2.05) is 29.8 Å². The zero-order chi connectivity index (χ0) is 13.7. The zero-order valence-corrected chi connectivity index (χ0v) is 12.4. The number of rotatable bonds is 6. The largest absolute Gasteiger partial charge is 0.484 e. The van der Waals surface area contributed by atoms with E-state index in [1.54, 1.807) is 6.33 Å². The molecule has 0 radical (unpaired) electrons. The normalized spacial score (nSPS) is 10.7. The number of hydrogen-bond acceptors (Lipinski definition) is 4. The standard InChI is InChI=1S/C13H17BrN4O/c1-2-18-13(16-9-17-18)8-19-12-4-3-10(5-6-15)7-11(12)14/h3-4,7,9H,2,5-6,8,15H2,1H3. The van der Waals surface area contributed by atoms with Crippen LogP contribution in [0.5, 0.6) is 5.75 Å². The van der Waals surface area contributed by atoms with Gasteiger partial charge in [-0.25, -0.2) is 9.67 Å². The Bertz CT molecular complexity index is 541. The molecule has 0 atom stereocenters. The van der Waals surface area contributed by atoms with E-state index >= 15 is 0 Å². The summed E-state index contributed by atoms with van der Waals surface area (Å²) in [5.74, 6) is 1.62. The number of benzene rings is 1. The van der Waals surface area contributed by atoms with E-state index < -0.39 is 0 Å². The highest BCUT2D eigenvalue weighted by Crippen LogP contribution is 2.26. The number of nitrogens with zero attached hydrogens (tertiary/aromatic N) is 3. The summed E-state index contributed by atoms with van der Waals surface area (Å²) in [7, 11) is 0. The molecule has 0 bridgehead atoms. The lowest BCUT2D eigenvalue weighted by molar-refractivity contribution is 0.285. The summed E-state index contributed by atoms with van der Waals surface area (Å²) in [5, 5.41) is 4.11. The van der Waals surface area contributed by atoms with Crippen LogP contribution < -0.4 is 10.5 Å². The quantitative estimate of drug-likeness (QED) is 0.884. The summed E-state index contributed by atoms with van der Waals surface area (Å²) in [5.41, 5.74) is 6.73. The lowest BCUT2D eigenvalue weighted by Gasteiger charge is -2.09. The lowest BCUT2D eigenvalue weighted by Crippen LogP contribution is -2.07. The van der Waals surface area contributed by atoms with Gasteiger partial charge in [0, 0.05) is 6.54 Å². The second-order valence-electron chi connectivity index (χ2n) is 4.08. The third kappa shape index (κ3) is 3.54. The van der Waals surface area contributed by atoms with Crippen molar-refractivity contribution in [2.45, 2.75) is 26.5 Å². The van der Waals surface area contributed by atoms with Crippen molar-refractivity contribution in [1.82, 2.24) is 14.8 Å². The van der Waals surface area contributed by atoms with E-state index in [9.17, 15) is 0 Å². The van der Waals surface area contributed by atoms with Crippen LogP contribution in [0.15, 0.2) is 29.0 Å². The Hall–Kier alpha value is -1.40. The van der Waals surface area contributed by atoms with E-state index in [-0.39, 0.29) is 0 Å². The number of hydrogen-bond donors (Lipinski definition) is 1. The minimum absolute atomic E-state index is 0.405. The third-order valence-electron chi connectivity index (χ3n) is 2.78. The van der Waals surface area contributed by atoms with Crippen LogP contribution in [0, 0.1) is 0 Å². The van der Waals surface area contributed by atoms with Crippen LogP contribution in [0.1, 0.15) is 18.3 Å². The highest BCUT2D eigenvalue weighted by molar-refractivity contribution is 9.10. The van der Waals surface area contributed by atoms with Gasteiger partial charge in [-0.3, -0.25) is 0 Å². The van der Waals surface area contributed by atoms with Crippen LogP contribution in [-0.2, 0) is 19.6 Å². The van der Waals surface area contributed by atoms with Gasteiger partial charge in [-0.05, 0) is 53.5 Å². The van der Waals surface area contributed by atoms with Crippen molar-refractivity contribution < 1.29 is 4.74 Å². The summed E-state index contributed by atoms with van der Waals surface area (Å²) in [6, 6.07) is 6.01. The molecule has 2 aromatic rings. The van der Waals surface area contributed by atoms with Gasteiger partial charge in [0.15, 0.2) is 5.82 Å². The molecule has 2 rings (SSSR count). The number of aromatic nitrogens is 3. The average Bonchev–Trinajstić information content (AvgIpc) is 2.85. The molecule has 0 aliphatic carbocycles. The first-order valence-electron chi connectivity index (χ1n) is 6.22. The van der Waals surface area contributed by atoms with Crippen LogP contribution in [0.3, 0.4) is 0 Å². The van der Waals surface area contributed by atoms with Crippen molar-refractivity contribution in [2.75, 3.05) is 6.54 Å². The Morgan fingerprint density at radius 3 is 2.95 bits per heavy atom. The molecule has 0 saturated heterocycles. The van der Waals surface area contributed by atoms with Crippen molar-refractivity contribution in [3.05, 3.63) is 40.4 Å². The van der Waals surface area contributed by atoms with Gasteiger partial charge in [-0.2, -0.15) is 5.10 Å². The molecule has 1 heterocycles. The first-order chi connectivity index (χ1) is 9.24. The van der Waals surface area contributed by atoms with Gasteiger partial charge in [-0.1, -0.05) is 6.07 Å². The molecule has 1 aromatic carbocycles. The topological polar surface area (TPSA) is 66.0 Å². The Labute approximate surface area is 120 Å². The molecule has 19 heavy (non-hydrogen) atoms. The summed E-state index contributed by atoms with van der Waals surface area (Å²) >= 11 is 3.51. The second-order valence-corrected chi connectivity index (χ2v) is 4.94. The van der Waals surface area contributed by atoms with Gasteiger partial charge in [0.1, 0.15) is 18.7 Å². The van der Waals surface area contributed by atoms with Gasteiger partial charge in [0.25, 0.3) is 0 Å². The molecule has 0 fully saturated rings. The van der Waals surface area contributed by atoms with E-state index in [4.69, 9.17) is 10.5 Å². The Morgan fingerprint density at radius 1 is 1.42 bits per heavy atom. The summed E-state index contributed by atoms with van der Waals surface area (Å²) in [4.78, 5) is 4.17. The molecule has 0 unspecified atom stereocenters. The lowest BCUT2D eigenvalue weighted by atomic mass is 10.1. The van der Waals surface area contributed by atoms with E-state index in [0.717, 1.165) is 29.0 Å². The molecule has 6 heteroatoms. The van der Waals surface area contributed by atoms with Gasteiger partial charge in [-0.15, -0.1) is 0 Å². The first-order valence-corrected chi connectivity index (χ1v) is 7.02. The zero-order valence-electron chi connectivity index (χ0n) is 10.8. The smallest absolute Gasteiger partial charge is 0.164 e. The maximum absolute atomic E-state index is 5.76. The van der Waals surface area contributed by atoms with Crippen LogP contribution >= 0.6 is 15.9 Å². The Balaban J connectivity index is 2.03. The van der Waals surface area contributed by atoms with E-state index in [1.165, 1.54) is 5.56 Å². The Morgan fingerprint density at radius 2 is 2.26 bits per heavy atom. The summed E-state index contributed by atoms with van der Waals surface area (Å²) in [6.07, 6.45) is 2.41. The van der Waals surface area contributed by atoms with Gasteiger partial charge in [0.05, 0.1) is 4.47 Å². The molecule has 0 amide bonds. The van der Waals surface area contributed by atoms with Gasteiger partial charge >= 0.3 is 0 Å². The third-order valence-corrected chi connectivity index (χ3v) is 3.40. The maximum Gasteiger partial charge on any atom is 0.164 e. The molecule has 102 valence electrons. The fourth-order valence-corrected chi connectivity index (χ4v) is 2.33. The summed E-state index contributed by atoms with van der Waals surface area (Å²) < 4.78 is 8.50. The highest BCUT2D eigenvalue weighted by atomic mass is 79.9. The molecular formula is C13H17BrN4O.